The third-order valence-electron chi connectivity index (χ3n) is 5.17. The minimum atomic E-state index is -0.473. The first-order valence-electron chi connectivity index (χ1n) is 9.73. The summed E-state index contributed by atoms with van der Waals surface area (Å²) in [6.07, 6.45) is 1.53. The quantitative estimate of drug-likeness (QED) is 0.796. The molecule has 2 aromatic heterocycles. The van der Waals surface area contributed by atoms with Crippen molar-refractivity contribution in [2.75, 3.05) is 36.4 Å². The highest BCUT2D eigenvalue weighted by Gasteiger charge is 2.54. The Morgan fingerprint density at radius 3 is 2.53 bits per heavy atom. The number of anilines is 3. The van der Waals surface area contributed by atoms with Crippen LogP contribution in [0.5, 0.6) is 0 Å². The number of nitrogens with zero attached hydrogens (tertiary/aromatic N) is 5. The first kappa shape index (κ1) is 20.5. The van der Waals surface area contributed by atoms with Gasteiger partial charge in [-0.2, -0.15) is 5.10 Å². The largest absolute Gasteiger partial charge is 0.444 e. The number of pyridine rings is 1. The van der Waals surface area contributed by atoms with Crippen LogP contribution in [0.2, 0.25) is 5.15 Å². The van der Waals surface area contributed by atoms with Gasteiger partial charge in [-0.05, 0) is 32.9 Å². The molecule has 160 valence electrons. The number of amides is 1. The molecule has 4 rings (SSSR count). The van der Waals surface area contributed by atoms with E-state index in [1.54, 1.807) is 18.1 Å². The maximum atomic E-state index is 12.1. The van der Waals surface area contributed by atoms with E-state index >= 15 is 0 Å². The Balaban J connectivity index is 1.32. The van der Waals surface area contributed by atoms with Gasteiger partial charge >= 0.3 is 6.09 Å². The van der Waals surface area contributed by atoms with Crippen LogP contribution in [-0.4, -0.2) is 57.5 Å². The highest BCUT2D eigenvalue weighted by molar-refractivity contribution is 6.29. The molecule has 0 aliphatic carbocycles. The molecule has 0 aromatic carbocycles. The van der Waals surface area contributed by atoms with Crippen LogP contribution in [0.15, 0.2) is 29.2 Å². The molecule has 0 bridgehead atoms. The molecule has 10 heteroatoms. The predicted molar refractivity (Wildman–Crippen MR) is 114 cm³/mol. The smallest absolute Gasteiger partial charge is 0.410 e. The van der Waals surface area contributed by atoms with Crippen LogP contribution in [0.25, 0.3) is 0 Å². The first-order chi connectivity index (χ1) is 14.0. The number of ether oxygens (including phenoxy) is 1. The summed E-state index contributed by atoms with van der Waals surface area (Å²) >= 11 is 5.92. The number of hydrogen-bond donors (Lipinski definition) is 1. The van der Waals surface area contributed by atoms with Crippen molar-refractivity contribution in [1.82, 2.24) is 19.7 Å². The summed E-state index contributed by atoms with van der Waals surface area (Å²) < 4.78 is 6.60. The molecule has 0 saturated carbocycles. The molecule has 2 aliphatic rings. The van der Waals surface area contributed by atoms with Crippen molar-refractivity contribution in [2.24, 2.45) is 12.5 Å². The summed E-state index contributed by atoms with van der Waals surface area (Å²) in [5.41, 5.74) is 0.710. The fraction of sp³-hybridized carbons (Fsp3) is 0.500. The number of nitrogens with one attached hydrogen (secondary N) is 1. The van der Waals surface area contributed by atoms with E-state index in [-0.39, 0.29) is 22.2 Å². The molecule has 0 atom stereocenters. The zero-order valence-electron chi connectivity index (χ0n) is 17.5. The molecule has 2 fully saturated rings. The molecule has 1 N–H and O–H groups in total. The lowest BCUT2D eigenvalue weighted by molar-refractivity contribution is -0.0453. The summed E-state index contributed by atoms with van der Waals surface area (Å²) in [5, 5.41) is 7.07. The van der Waals surface area contributed by atoms with Crippen LogP contribution in [0, 0.1) is 5.41 Å². The Kier molecular flexibility index (Phi) is 4.88. The number of hydrogen-bond acceptors (Lipinski definition) is 7. The normalized spacial score (nSPS) is 17.4. The number of halogens is 1. The van der Waals surface area contributed by atoms with Crippen LogP contribution in [0.1, 0.15) is 20.8 Å². The molecule has 0 radical (unpaired) electrons. The summed E-state index contributed by atoms with van der Waals surface area (Å²) in [6.45, 7) is 8.81. The maximum Gasteiger partial charge on any atom is 0.410 e. The molecule has 2 aliphatic heterocycles. The maximum absolute atomic E-state index is 12.1. The topological polar surface area (TPSA) is 92.6 Å². The van der Waals surface area contributed by atoms with Gasteiger partial charge in [0.2, 0.25) is 0 Å². The Morgan fingerprint density at radius 2 is 1.93 bits per heavy atom. The van der Waals surface area contributed by atoms with Gasteiger partial charge in [-0.3, -0.25) is 4.79 Å². The van der Waals surface area contributed by atoms with Gasteiger partial charge in [0.25, 0.3) is 5.56 Å². The van der Waals surface area contributed by atoms with Gasteiger partial charge in [-0.1, -0.05) is 11.6 Å². The minimum absolute atomic E-state index is 0.147. The number of carbonyl (C=O) groups is 1. The predicted octanol–water partition coefficient (Wildman–Crippen LogP) is 2.63. The second-order valence-electron chi connectivity index (χ2n) is 9.03. The lowest BCUT2D eigenvalue weighted by Crippen LogP contribution is -2.73. The zero-order chi connectivity index (χ0) is 21.7. The number of aryl methyl sites for hydroxylation is 1. The zero-order valence-corrected chi connectivity index (χ0v) is 18.2. The van der Waals surface area contributed by atoms with E-state index in [1.807, 2.05) is 32.9 Å². The second-order valence-corrected chi connectivity index (χ2v) is 9.42. The van der Waals surface area contributed by atoms with E-state index in [4.69, 9.17) is 16.3 Å². The van der Waals surface area contributed by atoms with Gasteiger partial charge in [-0.15, -0.1) is 0 Å². The molecule has 1 spiro atoms. The number of likely N-dealkylation sites (tertiary alicyclic amines) is 1. The van der Waals surface area contributed by atoms with Crippen molar-refractivity contribution in [2.45, 2.75) is 26.4 Å². The second kappa shape index (κ2) is 7.16. The summed E-state index contributed by atoms with van der Waals surface area (Å²) in [4.78, 5) is 32.6. The summed E-state index contributed by atoms with van der Waals surface area (Å²) in [5.74, 6) is 0.549. The van der Waals surface area contributed by atoms with Crippen molar-refractivity contribution >= 4 is 34.9 Å². The molecule has 2 saturated heterocycles. The van der Waals surface area contributed by atoms with Crippen molar-refractivity contribution in [1.29, 1.82) is 0 Å². The number of rotatable bonds is 3. The summed E-state index contributed by atoms with van der Waals surface area (Å²) in [7, 11) is 1.54. The van der Waals surface area contributed by atoms with E-state index in [9.17, 15) is 9.59 Å². The van der Waals surface area contributed by atoms with Crippen LogP contribution >= 0.6 is 11.6 Å². The molecule has 0 unspecified atom stereocenters. The summed E-state index contributed by atoms with van der Waals surface area (Å²) in [6, 6.07) is 5.26. The van der Waals surface area contributed by atoms with E-state index in [2.05, 4.69) is 20.3 Å². The van der Waals surface area contributed by atoms with Crippen LogP contribution in [0.4, 0.5) is 22.0 Å². The molecule has 1 amide bonds. The fourth-order valence-corrected chi connectivity index (χ4v) is 4.03. The van der Waals surface area contributed by atoms with E-state index < -0.39 is 5.60 Å². The average Bonchev–Trinajstić information content (AvgIpc) is 2.56. The monoisotopic (exact) mass is 432 g/mol. The van der Waals surface area contributed by atoms with Gasteiger partial charge in [0.05, 0.1) is 11.9 Å². The Bertz CT molecular complexity index is 1020. The van der Waals surface area contributed by atoms with Crippen molar-refractivity contribution in [3.05, 3.63) is 39.9 Å². The Morgan fingerprint density at radius 1 is 1.23 bits per heavy atom. The van der Waals surface area contributed by atoms with E-state index in [0.717, 1.165) is 31.9 Å². The van der Waals surface area contributed by atoms with Gasteiger partial charge in [0, 0.05) is 44.7 Å². The highest BCUT2D eigenvalue weighted by Crippen LogP contribution is 2.42. The molecule has 9 nitrogen and oxygen atoms in total. The SMILES string of the molecule is Cn1nc(Cl)cc(Nc2ccc(N3CC4(CN(C(=O)OC(C)(C)C)C4)C3)cn2)c1=O. The van der Waals surface area contributed by atoms with Crippen molar-refractivity contribution in [3.8, 4) is 0 Å². The van der Waals surface area contributed by atoms with Crippen molar-refractivity contribution < 1.29 is 9.53 Å². The molecule has 4 heterocycles. The van der Waals surface area contributed by atoms with Crippen LogP contribution in [0.3, 0.4) is 0 Å². The Labute approximate surface area is 179 Å². The van der Waals surface area contributed by atoms with Crippen LogP contribution in [-0.2, 0) is 11.8 Å². The third-order valence-corrected chi connectivity index (χ3v) is 5.35. The third kappa shape index (κ3) is 4.07. The number of aromatic nitrogens is 3. The highest BCUT2D eigenvalue weighted by atomic mass is 35.5. The standard InChI is InChI=1S/C20H25ClN6O3/c1-19(2,3)30-18(29)27-11-20(12-27)9-26(10-20)13-5-6-16(22-8-13)23-14-7-15(21)24-25(4)17(14)28/h5-8H,9-12H2,1-4H3,(H,22,23). The molecule has 30 heavy (non-hydrogen) atoms. The lowest BCUT2D eigenvalue weighted by Gasteiger charge is -2.60. The van der Waals surface area contributed by atoms with Crippen molar-refractivity contribution in [3.63, 3.8) is 0 Å². The Hall–Kier alpha value is -2.81. The van der Waals surface area contributed by atoms with Gasteiger partial charge in [-0.25, -0.2) is 14.5 Å². The molecular formula is C20H25ClN6O3. The van der Waals surface area contributed by atoms with Crippen LogP contribution < -0.4 is 15.8 Å². The number of carbonyl (C=O) groups excluding carboxylic acids is 1. The van der Waals surface area contributed by atoms with E-state index in [1.165, 1.54) is 10.7 Å². The lowest BCUT2D eigenvalue weighted by atomic mass is 9.73. The van der Waals surface area contributed by atoms with Gasteiger partial charge in [0.15, 0.2) is 5.15 Å². The fourth-order valence-electron chi connectivity index (χ4n) is 3.81. The van der Waals surface area contributed by atoms with Gasteiger partial charge in [0.1, 0.15) is 17.1 Å². The molecular weight excluding hydrogens is 408 g/mol. The van der Waals surface area contributed by atoms with E-state index in [0.29, 0.717) is 11.5 Å². The molecule has 2 aromatic rings. The average molecular weight is 433 g/mol. The minimum Gasteiger partial charge on any atom is -0.444 e. The van der Waals surface area contributed by atoms with Gasteiger partial charge < -0.3 is 19.9 Å². The first-order valence-corrected chi connectivity index (χ1v) is 10.1.